The van der Waals surface area contributed by atoms with Crippen LogP contribution in [-0.2, 0) is 13.2 Å². The molecule has 1 N–H and O–H groups in total. The van der Waals surface area contributed by atoms with E-state index in [-0.39, 0.29) is 6.61 Å². The Labute approximate surface area is 196 Å². The number of halogens is 4. The van der Waals surface area contributed by atoms with Gasteiger partial charge in [-0.2, -0.15) is 0 Å². The molecule has 0 heterocycles. The highest BCUT2D eigenvalue weighted by atomic mass is 35.5. The molecule has 0 aromatic heterocycles. The van der Waals surface area contributed by atoms with Crippen molar-refractivity contribution >= 4 is 52.1 Å². The number of hydrogen-bond donors (Lipinski definition) is 1. The normalized spacial score (nSPS) is 10.7. The van der Waals surface area contributed by atoms with Gasteiger partial charge >= 0.3 is 0 Å². The Morgan fingerprint density at radius 3 is 2.23 bits per heavy atom. The van der Waals surface area contributed by atoms with Crippen LogP contribution >= 0.6 is 46.4 Å². The van der Waals surface area contributed by atoms with E-state index in [4.69, 9.17) is 55.9 Å². The lowest BCUT2D eigenvalue weighted by Crippen LogP contribution is -2.04. The first-order valence-corrected chi connectivity index (χ1v) is 10.9. The van der Waals surface area contributed by atoms with Crippen molar-refractivity contribution in [2.45, 2.75) is 27.0 Å². The van der Waals surface area contributed by atoms with Crippen LogP contribution in [0.15, 0.2) is 48.5 Å². The molecule has 7 heteroatoms. The molecule has 158 valence electrons. The van der Waals surface area contributed by atoms with Gasteiger partial charge in [0, 0.05) is 17.3 Å². The van der Waals surface area contributed by atoms with E-state index in [0.29, 0.717) is 39.7 Å². The minimum atomic E-state index is 0.288. The second kappa shape index (κ2) is 10.5. The number of hydrogen-bond acceptors (Lipinski definition) is 3. The molecule has 3 aromatic carbocycles. The highest BCUT2D eigenvalue weighted by molar-refractivity contribution is 6.42. The van der Waals surface area contributed by atoms with Gasteiger partial charge in [-0.05, 0) is 66.9 Å². The van der Waals surface area contributed by atoms with Crippen LogP contribution in [0.1, 0.15) is 23.6 Å². The first kappa shape index (κ1) is 22.9. The van der Waals surface area contributed by atoms with Gasteiger partial charge in [0.15, 0.2) is 11.5 Å². The van der Waals surface area contributed by atoms with Crippen LogP contribution < -0.4 is 14.8 Å². The first-order valence-electron chi connectivity index (χ1n) is 9.39. The van der Waals surface area contributed by atoms with Gasteiger partial charge in [-0.1, -0.05) is 58.5 Å². The van der Waals surface area contributed by atoms with E-state index in [0.717, 1.165) is 27.4 Å². The molecule has 0 spiro atoms. The zero-order chi connectivity index (χ0) is 21.7. The lowest BCUT2D eigenvalue weighted by Gasteiger charge is -2.16. The molecule has 0 amide bonds. The Balaban J connectivity index is 1.75. The standard InChI is InChI=1S/C23H21Cl4NO2/c1-3-29-22-10-16(12-28-17-6-4-14(2)19(25)11-17)9-21(27)23(22)30-13-15-5-7-18(24)20(26)8-15/h4-11,28H,3,12-13H2,1-2H3. The molecule has 0 radical (unpaired) electrons. The summed E-state index contributed by atoms with van der Waals surface area (Å²) in [5.41, 5.74) is 3.80. The topological polar surface area (TPSA) is 30.5 Å². The summed E-state index contributed by atoms with van der Waals surface area (Å²) in [5.74, 6) is 1.08. The predicted molar refractivity (Wildman–Crippen MR) is 127 cm³/mol. The smallest absolute Gasteiger partial charge is 0.180 e. The van der Waals surface area contributed by atoms with Gasteiger partial charge in [0.1, 0.15) is 6.61 Å². The summed E-state index contributed by atoms with van der Waals surface area (Å²) >= 11 is 24.8. The SMILES string of the molecule is CCOc1cc(CNc2ccc(C)c(Cl)c2)cc(Cl)c1OCc1ccc(Cl)c(Cl)c1. The molecule has 0 saturated heterocycles. The summed E-state index contributed by atoms with van der Waals surface area (Å²) in [6.07, 6.45) is 0. The van der Waals surface area contributed by atoms with E-state index < -0.39 is 0 Å². The molecule has 0 aliphatic heterocycles. The molecule has 0 aliphatic carbocycles. The largest absolute Gasteiger partial charge is 0.490 e. The van der Waals surface area contributed by atoms with Gasteiger partial charge in [-0.25, -0.2) is 0 Å². The van der Waals surface area contributed by atoms with Crippen molar-refractivity contribution in [3.05, 3.63) is 85.3 Å². The van der Waals surface area contributed by atoms with Gasteiger partial charge in [0.25, 0.3) is 0 Å². The third-order valence-electron chi connectivity index (χ3n) is 4.40. The summed E-state index contributed by atoms with van der Waals surface area (Å²) in [5, 5.41) is 5.52. The van der Waals surface area contributed by atoms with Gasteiger partial charge in [-0.15, -0.1) is 0 Å². The molecule has 3 aromatic rings. The van der Waals surface area contributed by atoms with Gasteiger partial charge in [0.2, 0.25) is 0 Å². The zero-order valence-electron chi connectivity index (χ0n) is 16.6. The van der Waals surface area contributed by atoms with Crippen molar-refractivity contribution in [3.63, 3.8) is 0 Å². The molecule has 0 aliphatic rings. The van der Waals surface area contributed by atoms with Crippen LogP contribution in [-0.4, -0.2) is 6.61 Å². The molecule has 3 rings (SSSR count). The third-order valence-corrected chi connectivity index (χ3v) is 5.83. The van der Waals surface area contributed by atoms with Gasteiger partial charge in [-0.3, -0.25) is 0 Å². The van der Waals surface area contributed by atoms with E-state index in [1.165, 1.54) is 0 Å². The molecule has 30 heavy (non-hydrogen) atoms. The molecule has 0 bridgehead atoms. The van der Waals surface area contributed by atoms with Crippen molar-refractivity contribution < 1.29 is 9.47 Å². The Bertz CT molecular complexity index is 1040. The van der Waals surface area contributed by atoms with Crippen molar-refractivity contribution in [1.29, 1.82) is 0 Å². The van der Waals surface area contributed by atoms with Crippen LogP contribution in [0.3, 0.4) is 0 Å². The molecule has 3 nitrogen and oxygen atoms in total. The van der Waals surface area contributed by atoms with E-state index >= 15 is 0 Å². The van der Waals surface area contributed by atoms with E-state index in [1.807, 2.05) is 50.2 Å². The Kier molecular flexibility index (Phi) is 8.01. The maximum Gasteiger partial charge on any atom is 0.180 e. The summed E-state index contributed by atoms with van der Waals surface area (Å²) in [6, 6.07) is 15.0. The lowest BCUT2D eigenvalue weighted by atomic mass is 10.1. The highest BCUT2D eigenvalue weighted by Gasteiger charge is 2.14. The fourth-order valence-corrected chi connectivity index (χ4v) is 3.61. The van der Waals surface area contributed by atoms with Crippen molar-refractivity contribution in [2.75, 3.05) is 11.9 Å². The maximum absolute atomic E-state index is 6.52. The molecular weight excluding hydrogens is 464 g/mol. The number of anilines is 1. The summed E-state index contributed by atoms with van der Waals surface area (Å²) < 4.78 is 11.7. The maximum atomic E-state index is 6.52. The quantitative estimate of drug-likeness (QED) is 0.349. The summed E-state index contributed by atoms with van der Waals surface area (Å²) in [4.78, 5) is 0. The number of rotatable bonds is 8. The van der Waals surface area contributed by atoms with Crippen LogP contribution in [0, 0.1) is 6.92 Å². The second-order valence-electron chi connectivity index (χ2n) is 6.69. The second-order valence-corrected chi connectivity index (χ2v) is 8.32. The molecule has 0 fully saturated rings. The number of aryl methyl sites for hydroxylation is 1. The average Bonchev–Trinajstić information content (AvgIpc) is 2.71. The van der Waals surface area contributed by atoms with Crippen molar-refractivity contribution in [3.8, 4) is 11.5 Å². The minimum Gasteiger partial charge on any atom is -0.490 e. The predicted octanol–water partition coefficient (Wildman–Crippen LogP) is 8.20. The van der Waals surface area contributed by atoms with Crippen LogP contribution in [0.4, 0.5) is 5.69 Å². The minimum absolute atomic E-state index is 0.288. The fraction of sp³-hybridized carbons (Fsp3) is 0.217. The number of nitrogens with one attached hydrogen (secondary N) is 1. The first-order chi connectivity index (χ1) is 14.4. The average molecular weight is 485 g/mol. The van der Waals surface area contributed by atoms with Gasteiger partial charge < -0.3 is 14.8 Å². The Hall–Kier alpha value is -1.78. The molecule has 0 atom stereocenters. The monoisotopic (exact) mass is 483 g/mol. The highest BCUT2D eigenvalue weighted by Crippen LogP contribution is 2.38. The molecule has 0 saturated carbocycles. The Morgan fingerprint density at radius 2 is 1.53 bits per heavy atom. The number of benzene rings is 3. The van der Waals surface area contributed by atoms with Gasteiger partial charge in [0.05, 0.1) is 21.7 Å². The summed E-state index contributed by atoms with van der Waals surface area (Å²) in [6.45, 7) is 5.22. The lowest BCUT2D eigenvalue weighted by molar-refractivity contribution is 0.269. The van der Waals surface area contributed by atoms with Crippen molar-refractivity contribution in [1.82, 2.24) is 0 Å². The van der Waals surface area contributed by atoms with E-state index in [9.17, 15) is 0 Å². The number of ether oxygens (including phenoxy) is 2. The third kappa shape index (κ3) is 5.89. The van der Waals surface area contributed by atoms with Crippen LogP contribution in [0.25, 0.3) is 0 Å². The molecular formula is C23H21Cl4NO2. The zero-order valence-corrected chi connectivity index (χ0v) is 19.6. The fourth-order valence-electron chi connectivity index (χ4n) is 2.82. The van der Waals surface area contributed by atoms with E-state index in [2.05, 4.69) is 5.32 Å². The summed E-state index contributed by atoms with van der Waals surface area (Å²) in [7, 11) is 0. The van der Waals surface area contributed by atoms with Crippen LogP contribution in [0.2, 0.25) is 20.1 Å². The van der Waals surface area contributed by atoms with E-state index in [1.54, 1.807) is 12.1 Å². The van der Waals surface area contributed by atoms with Crippen molar-refractivity contribution in [2.24, 2.45) is 0 Å². The molecule has 0 unspecified atom stereocenters. The van der Waals surface area contributed by atoms with Crippen LogP contribution in [0.5, 0.6) is 11.5 Å². The Morgan fingerprint density at radius 1 is 0.767 bits per heavy atom.